The summed E-state index contributed by atoms with van der Waals surface area (Å²) >= 11 is 0. The maximum absolute atomic E-state index is 14.0. The number of pyridine rings is 1. The summed E-state index contributed by atoms with van der Waals surface area (Å²) in [6, 6.07) is 21.2. The molecule has 1 heterocycles. The third-order valence-electron chi connectivity index (χ3n) is 7.03. The van der Waals surface area contributed by atoms with Crippen LogP contribution < -0.4 is 40.0 Å². The van der Waals surface area contributed by atoms with E-state index >= 15 is 0 Å². The fourth-order valence-corrected chi connectivity index (χ4v) is 5.99. The second kappa shape index (κ2) is 10.5. The molecule has 8 nitrogen and oxygen atoms in total. The van der Waals surface area contributed by atoms with Gasteiger partial charge in [0.15, 0.2) is 11.6 Å². The van der Waals surface area contributed by atoms with E-state index in [9.17, 15) is 27.7 Å². The number of hydrogen-bond acceptors (Lipinski definition) is 7. The fraction of sp³-hybridized carbons (Fsp3) is 0.0645. The minimum atomic E-state index is -4.60. The van der Waals surface area contributed by atoms with Gasteiger partial charge in [-0.15, -0.1) is 0 Å². The Morgan fingerprint density at radius 2 is 1.54 bits per heavy atom. The van der Waals surface area contributed by atoms with Crippen molar-refractivity contribution in [1.82, 2.24) is 4.98 Å². The number of rotatable bonds is 5. The molecular weight excluding hydrogens is 551 g/mol. The molecule has 0 bridgehead atoms. The van der Waals surface area contributed by atoms with Gasteiger partial charge in [0.1, 0.15) is 4.90 Å². The van der Waals surface area contributed by atoms with E-state index in [2.05, 4.69) is 10.3 Å². The fourth-order valence-electron chi connectivity index (χ4n) is 5.26. The maximum atomic E-state index is 14.0. The van der Waals surface area contributed by atoms with Crippen LogP contribution in [-0.4, -0.2) is 29.5 Å². The summed E-state index contributed by atoms with van der Waals surface area (Å²) in [4.78, 5) is 31.6. The number of carbonyl (C=O) groups excluding carboxylic acids is 2. The van der Waals surface area contributed by atoms with Crippen molar-refractivity contribution in [1.29, 1.82) is 0 Å². The van der Waals surface area contributed by atoms with E-state index in [1.165, 1.54) is 12.1 Å². The van der Waals surface area contributed by atoms with Crippen molar-refractivity contribution in [2.45, 2.75) is 18.7 Å². The van der Waals surface area contributed by atoms with E-state index in [-0.39, 0.29) is 73.8 Å². The van der Waals surface area contributed by atoms with Crippen LogP contribution in [0.25, 0.3) is 22.0 Å². The van der Waals surface area contributed by atoms with E-state index in [4.69, 9.17) is 0 Å². The number of aryl methyl sites for hydroxylation is 2. The first-order valence-corrected chi connectivity index (χ1v) is 13.8. The Morgan fingerprint density at radius 3 is 2.22 bits per heavy atom. The van der Waals surface area contributed by atoms with Gasteiger partial charge >= 0.3 is 29.6 Å². The zero-order valence-corrected chi connectivity index (χ0v) is 25.2. The van der Waals surface area contributed by atoms with Gasteiger partial charge < -0.3 is 10.4 Å². The first-order valence-electron chi connectivity index (χ1n) is 12.3. The Balaban J connectivity index is 0.00000337. The van der Waals surface area contributed by atoms with Crippen molar-refractivity contribution in [2.24, 2.45) is 0 Å². The van der Waals surface area contributed by atoms with Crippen LogP contribution in [0.2, 0.25) is 0 Å². The van der Waals surface area contributed by atoms with E-state index in [0.29, 0.717) is 33.2 Å². The van der Waals surface area contributed by atoms with Crippen LogP contribution in [-0.2, 0) is 10.1 Å². The molecule has 41 heavy (non-hydrogen) atoms. The van der Waals surface area contributed by atoms with Crippen LogP contribution in [0.5, 0.6) is 5.88 Å². The average molecular weight is 573 g/mol. The van der Waals surface area contributed by atoms with Gasteiger partial charge in [0.2, 0.25) is 0 Å². The Kier molecular flexibility index (Phi) is 7.35. The number of aromatic nitrogens is 1. The van der Waals surface area contributed by atoms with Crippen molar-refractivity contribution in [3.63, 3.8) is 0 Å². The molecular formula is C31H21N2NaO6S. The molecule has 1 aromatic heterocycles. The molecule has 0 radical (unpaired) electrons. The van der Waals surface area contributed by atoms with Gasteiger partial charge in [0.25, 0.3) is 10.1 Å². The number of benzene rings is 4. The Labute approximate surface area is 258 Å². The number of hydrogen-bond donors (Lipinski definition) is 2. The molecule has 0 spiro atoms. The van der Waals surface area contributed by atoms with Crippen LogP contribution in [0, 0.1) is 13.8 Å². The molecule has 0 fully saturated rings. The predicted molar refractivity (Wildman–Crippen MR) is 149 cm³/mol. The van der Waals surface area contributed by atoms with Gasteiger partial charge in [0.05, 0.1) is 22.5 Å². The van der Waals surface area contributed by atoms with Crippen LogP contribution in [0.3, 0.4) is 0 Å². The molecule has 0 atom stereocenters. The van der Waals surface area contributed by atoms with Gasteiger partial charge in [-0.25, -0.2) is 0 Å². The Morgan fingerprint density at radius 1 is 0.878 bits per heavy atom. The molecule has 0 saturated heterocycles. The Hall–Kier alpha value is -3.86. The molecule has 1 aliphatic rings. The zero-order valence-electron chi connectivity index (χ0n) is 22.3. The minimum absolute atomic E-state index is 0. The molecule has 198 valence electrons. The SMILES string of the molecule is Cc1ccc(Nc2cc(C)c3nc([O-])c(C(=O)c4ccccc4)c4c3c2C(=O)c2ccccc2-4)c(S(=O)(=O)O)c1.[Na+]. The summed E-state index contributed by atoms with van der Waals surface area (Å²) in [5.41, 5.74) is 3.05. The number of nitrogens with zero attached hydrogens (tertiary/aromatic N) is 1. The van der Waals surface area contributed by atoms with Gasteiger partial charge in [-0.05, 0) is 54.6 Å². The molecule has 2 N–H and O–H groups in total. The largest absolute Gasteiger partial charge is 1.00 e. The number of ketones is 2. The summed E-state index contributed by atoms with van der Waals surface area (Å²) < 4.78 is 34.2. The molecule has 0 amide bonds. The number of fused-ring (bicyclic) bond motifs is 2. The van der Waals surface area contributed by atoms with Crippen molar-refractivity contribution in [3.05, 3.63) is 112 Å². The zero-order chi connectivity index (χ0) is 28.3. The van der Waals surface area contributed by atoms with E-state index in [0.717, 1.165) is 0 Å². The standard InChI is InChI=1S/C31H22N2O6S.Na/c1-16-12-13-21(23(14-16)40(37,38)39)32-22-15-17(2)28-26-24(19-10-6-7-11-20(19)30(35)25(22)26)27(31(36)33-28)29(34)18-8-4-3-5-9-18;/h3-15,32H,1-2H3,(H,33,36)(H,37,38,39);/q;+1/p-1. The van der Waals surface area contributed by atoms with E-state index in [1.54, 1.807) is 80.6 Å². The van der Waals surface area contributed by atoms with Gasteiger partial charge in [-0.2, -0.15) is 8.42 Å². The molecule has 0 saturated carbocycles. The third-order valence-corrected chi connectivity index (χ3v) is 7.93. The van der Waals surface area contributed by atoms with Crippen LogP contribution >= 0.6 is 0 Å². The molecule has 4 aromatic carbocycles. The number of carbonyl (C=O) groups is 2. The summed E-state index contributed by atoms with van der Waals surface area (Å²) in [6.45, 7) is 3.40. The summed E-state index contributed by atoms with van der Waals surface area (Å²) in [7, 11) is -4.60. The van der Waals surface area contributed by atoms with Crippen molar-refractivity contribution in [2.75, 3.05) is 5.32 Å². The van der Waals surface area contributed by atoms with Gasteiger partial charge in [-0.3, -0.25) is 19.1 Å². The molecule has 6 rings (SSSR count). The van der Waals surface area contributed by atoms with Crippen LogP contribution in [0.15, 0.2) is 83.8 Å². The van der Waals surface area contributed by atoms with E-state index in [1.807, 2.05) is 0 Å². The number of nitrogens with one attached hydrogen (secondary N) is 1. The monoisotopic (exact) mass is 572 g/mol. The third kappa shape index (κ3) is 4.75. The van der Waals surface area contributed by atoms with Crippen molar-refractivity contribution in [3.8, 4) is 17.0 Å². The first kappa shape index (κ1) is 28.7. The topological polar surface area (TPSA) is 136 Å². The quantitative estimate of drug-likeness (QED) is 0.183. The second-order valence-corrected chi connectivity index (χ2v) is 11.1. The molecule has 10 heteroatoms. The second-order valence-electron chi connectivity index (χ2n) is 9.68. The number of anilines is 2. The molecule has 1 aliphatic carbocycles. The molecule has 0 aliphatic heterocycles. The van der Waals surface area contributed by atoms with Crippen LogP contribution in [0.1, 0.15) is 43.0 Å². The summed E-state index contributed by atoms with van der Waals surface area (Å²) in [6.07, 6.45) is 0. The van der Waals surface area contributed by atoms with Crippen molar-refractivity contribution < 1.29 is 57.2 Å². The predicted octanol–water partition coefficient (Wildman–Crippen LogP) is 2.36. The van der Waals surface area contributed by atoms with E-state index < -0.39 is 21.8 Å². The normalized spacial score (nSPS) is 12.0. The Bertz CT molecular complexity index is 2020. The van der Waals surface area contributed by atoms with Crippen LogP contribution in [0.4, 0.5) is 11.4 Å². The van der Waals surface area contributed by atoms with Gasteiger partial charge in [0, 0.05) is 27.6 Å². The summed E-state index contributed by atoms with van der Waals surface area (Å²) in [5.74, 6) is -1.61. The maximum Gasteiger partial charge on any atom is 1.00 e. The van der Waals surface area contributed by atoms with Gasteiger partial charge in [-0.1, -0.05) is 60.7 Å². The minimum Gasteiger partial charge on any atom is -0.858 e. The summed E-state index contributed by atoms with van der Waals surface area (Å²) in [5, 5.41) is 16.8. The first-order chi connectivity index (χ1) is 19.1. The molecule has 0 unspecified atom stereocenters. The van der Waals surface area contributed by atoms with Crippen molar-refractivity contribution >= 4 is 44.0 Å². The average Bonchev–Trinajstić information content (AvgIpc) is 2.93. The smallest absolute Gasteiger partial charge is 0.858 e. The molecule has 5 aromatic rings.